The molecule has 0 aliphatic heterocycles. The van der Waals surface area contributed by atoms with Gasteiger partial charge in [0.2, 0.25) is 0 Å². The van der Waals surface area contributed by atoms with E-state index in [0.29, 0.717) is 12.8 Å². The number of alkyl halides is 3. The number of ketones is 1. The van der Waals surface area contributed by atoms with E-state index in [4.69, 9.17) is 0 Å². The van der Waals surface area contributed by atoms with Crippen molar-refractivity contribution in [1.29, 1.82) is 0 Å². The van der Waals surface area contributed by atoms with Crippen molar-refractivity contribution in [2.45, 2.75) is 52.1 Å². The standard InChI is InChI=1S/C11H17F3O/c1-8(2)9(15)10(11(12,13)14)6-4-3-5-7-10/h8H,3-7H2,1-2H3. The Labute approximate surface area is 88.0 Å². The quantitative estimate of drug-likeness (QED) is 0.695. The summed E-state index contributed by atoms with van der Waals surface area (Å²) in [5.74, 6) is -1.17. The Hall–Kier alpha value is -0.540. The SMILES string of the molecule is CC(C)C(=O)C1(C(F)(F)F)CCCCC1. The van der Waals surface area contributed by atoms with Crippen LogP contribution < -0.4 is 0 Å². The molecule has 15 heavy (non-hydrogen) atoms. The van der Waals surface area contributed by atoms with E-state index in [9.17, 15) is 18.0 Å². The average molecular weight is 222 g/mol. The van der Waals surface area contributed by atoms with Crippen LogP contribution >= 0.6 is 0 Å². The topological polar surface area (TPSA) is 17.1 Å². The number of Topliss-reactive ketones (excluding diaryl/α,β-unsaturated/α-hetero) is 1. The van der Waals surface area contributed by atoms with Crippen LogP contribution in [-0.4, -0.2) is 12.0 Å². The van der Waals surface area contributed by atoms with Crippen LogP contribution in [-0.2, 0) is 4.79 Å². The molecule has 4 heteroatoms. The van der Waals surface area contributed by atoms with E-state index in [1.807, 2.05) is 0 Å². The lowest BCUT2D eigenvalue weighted by atomic mass is 9.68. The van der Waals surface area contributed by atoms with Crippen molar-refractivity contribution < 1.29 is 18.0 Å². The van der Waals surface area contributed by atoms with E-state index in [-0.39, 0.29) is 12.8 Å². The van der Waals surface area contributed by atoms with Crippen molar-refractivity contribution >= 4 is 5.78 Å². The third kappa shape index (κ3) is 2.18. The molecule has 1 nitrogen and oxygen atoms in total. The predicted molar refractivity (Wildman–Crippen MR) is 51.4 cm³/mol. The molecule has 1 rings (SSSR count). The van der Waals surface area contributed by atoms with Gasteiger partial charge in [-0.25, -0.2) is 0 Å². The van der Waals surface area contributed by atoms with Crippen LogP contribution in [0, 0.1) is 11.3 Å². The molecule has 88 valence electrons. The van der Waals surface area contributed by atoms with Gasteiger partial charge in [-0.1, -0.05) is 33.1 Å². The molecule has 0 amide bonds. The molecule has 0 spiro atoms. The lowest BCUT2D eigenvalue weighted by molar-refractivity contribution is -0.230. The van der Waals surface area contributed by atoms with Gasteiger partial charge in [-0.05, 0) is 12.8 Å². The van der Waals surface area contributed by atoms with Gasteiger partial charge in [-0.2, -0.15) is 13.2 Å². The Balaban J connectivity index is 3.00. The molecule has 1 aliphatic carbocycles. The maximum Gasteiger partial charge on any atom is 0.401 e. The normalized spacial score (nSPS) is 21.7. The van der Waals surface area contributed by atoms with Gasteiger partial charge in [0.05, 0.1) is 0 Å². The third-order valence-corrected chi connectivity index (χ3v) is 3.25. The van der Waals surface area contributed by atoms with Crippen LogP contribution in [0.2, 0.25) is 0 Å². The van der Waals surface area contributed by atoms with E-state index < -0.39 is 23.3 Å². The third-order valence-electron chi connectivity index (χ3n) is 3.25. The summed E-state index contributed by atoms with van der Waals surface area (Å²) in [6, 6.07) is 0. The summed E-state index contributed by atoms with van der Waals surface area (Å²) in [4.78, 5) is 11.7. The first-order chi connectivity index (χ1) is 6.81. The van der Waals surface area contributed by atoms with Crippen molar-refractivity contribution in [2.24, 2.45) is 11.3 Å². The Morgan fingerprint density at radius 2 is 1.60 bits per heavy atom. The van der Waals surface area contributed by atoms with Crippen LogP contribution in [0.5, 0.6) is 0 Å². The maximum atomic E-state index is 13.0. The Morgan fingerprint density at radius 3 is 1.93 bits per heavy atom. The lowest BCUT2D eigenvalue weighted by Gasteiger charge is -2.38. The number of rotatable bonds is 2. The van der Waals surface area contributed by atoms with Crippen LogP contribution in [0.15, 0.2) is 0 Å². The zero-order valence-corrected chi connectivity index (χ0v) is 9.16. The summed E-state index contributed by atoms with van der Waals surface area (Å²) in [7, 11) is 0. The van der Waals surface area contributed by atoms with Gasteiger partial charge in [-0.15, -0.1) is 0 Å². The molecular weight excluding hydrogens is 205 g/mol. The minimum atomic E-state index is -4.38. The molecular formula is C11H17F3O. The number of hydrogen-bond donors (Lipinski definition) is 0. The van der Waals surface area contributed by atoms with Gasteiger partial charge in [0.15, 0.2) is 5.78 Å². The molecule has 0 radical (unpaired) electrons. The fourth-order valence-electron chi connectivity index (χ4n) is 2.38. The smallest absolute Gasteiger partial charge is 0.298 e. The van der Waals surface area contributed by atoms with E-state index in [1.165, 1.54) is 0 Å². The molecule has 0 aromatic carbocycles. The molecule has 1 saturated carbocycles. The lowest BCUT2D eigenvalue weighted by Crippen LogP contribution is -2.48. The summed E-state index contributed by atoms with van der Waals surface area (Å²) >= 11 is 0. The number of carbonyl (C=O) groups is 1. The molecule has 0 atom stereocenters. The molecule has 1 fully saturated rings. The number of carbonyl (C=O) groups excluding carboxylic acids is 1. The van der Waals surface area contributed by atoms with Gasteiger partial charge in [0.25, 0.3) is 0 Å². The van der Waals surface area contributed by atoms with Crippen LogP contribution in [0.1, 0.15) is 46.0 Å². The van der Waals surface area contributed by atoms with Gasteiger partial charge < -0.3 is 0 Å². The molecule has 0 heterocycles. The average Bonchev–Trinajstić information content (AvgIpc) is 2.16. The van der Waals surface area contributed by atoms with Gasteiger partial charge in [-0.3, -0.25) is 4.79 Å². The van der Waals surface area contributed by atoms with E-state index in [2.05, 4.69) is 0 Å². The number of hydrogen-bond acceptors (Lipinski definition) is 1. The minimum Gasteiger partial charge on any atom is -0.298 e. The zero-order chi connectivity index (χ0) is 11.7. The highest BCUT2D eigenvalue weighted by Crippen LogP contribution is 2.50. The zero-order valence-electron chi connectivity index (χ0n) is 9.16. The highest BCUT2D eigenvalue weighted by Gasteiger charge is 2.59. The van der Waals surface area contributed by atoms with Crippen molar-refractivity contribution in [3.63, 3.8) is 0 Å². The Bertz CT molecular complexity index is 237. The van der Waals surface area contributed by atoms with Crippen molar-refractivity contribution in [3.8, 4) is 0 Å². The monoisotopic (exact) mass is 222 g/mol. The highest BCUT2D eigenvalue weighted by atomic mass is 19.4. The molecule has 0 aromatic heterocycles. The predicted octanol–water partition coefficient (Wildman–Crippen LogP) is 3.72. The van der Waals surface area contributed by atoms with Crippen molar-refractivity contribution in [1.82, 2.24) is 0 Å². The van der Waals surface area contributed by atoms with Gasteiger partial charge in [0.1, 0.15) is 5.41 Å². The second kappa shape index (κ2) is 4.14. The molecule has 1 aliphatic rings. The summed E-state index contributed by atoms with van der Waals surface area (Å²) in [5, 5.41) is 0. The molecule has 0 saturated heterocycles. The minimum absolute atomic E-state index is 0.0203. The second-order valence-corrected chi connectivity index (χ2v) is 4.66. The summed E-state index contributed by atoms with van der Waals surface area (Å²) in [6.45, 7) is 3.09. The van der Waals surface area contributed by atoms with E-state index >= 15 is 0 Å². The van der Waals surface area contributed by atoms with E-state index in [0.717, 1.165) is 6.42 Å². The van der Waals surface area contributed by atoms with Gasteiger partial charge >= 0.3 is 6.18 Å². The van der Waals surface area contributed by atoms with Crippen molar-refractivity contribution in [2.75, 3.05) is 0 Å². The van der Waals surface area contributed by atoms with Crippen LogP contribution in [0.4, 0.5) is 13.2 Å². The number of halogens is 3. The maximum absolute atomic E-state index is 13.0. The van der Waals surface area contributed by atoms with Gasteiger partial charge in [0, 0.05) is 5.92 Å². The fraction of sp³-hybridized carbons (Fsp3) is 0.909. The summed E-state index contributed by atoms with van der Waals surface area (Å²) < 4.78 is 39.0. The van der Waals surface area contributed by atoms with Crippen LogP contribution in [0.3, 0.4) is 0 Å². The largest absolute Gasteiger partial charge is 0.401 e. The molecule has 0 unspecified atom stereocenters. The Morgan fingerprint density at radius 1 is 1.13 bits per heavy atom. The van der Waals surface area contributed by atoms with Crippen LogP contribution in [0.25, 0.3) is 0 Å². The Kier molecular flexibility index (Phi) is 3.46. The highest BCUT2D eigenvalue weighted by molar-refractivity contribution is 5.87. The van der Waals surface area contributed by atoms with Crippen molar-refractivity contribution in [3.05, 3.63) is 0 Å². The molecule has 0 bridgehead atoms. The second-order valence-electron chi connectivity index (χ2n) is 4.66. The van der Waals surface area contributed by atoms with E-state index in [1.54, 1.807) is 13.8 Å². The first-order valence-corrected chi connectivity index (χ1v) is 5.42. The summed E-state index contributed by atoms with van der Waals surface area (Å²) in [5.41, 5.74) is -2.04. The first-order valence-electron chi connectivity index (χ1n) is 5.42. The molecule has 0 aromatic rings. The summed E-state index contributed by atoms with van der Waals surface area (Å²) in [6.07, 6.45) is -2.59. The molecule has 0 N–H and O–H groups in total. The first kappa shape index (κ1) is 12.5. The fourth-order valence-corrected chi connectivity index (χ4v) is 2.38.